The van der Waals surface area contributed by atoms with Crippen molar-refractivity contribution in [3.8, 4) is 11.3 Å². The van der Waals surface area contributed by atoms with E-state index in [0.717, 1.165) is 0 Å². The zero-order chi connectivity index (χ0) is 15.1. The molecular weight excluding hydrogens is 307 g/mol. The Hall–Kier alpha value is -1.23. The first kappa shape index (κ1) is 15.2. The van der Waals surface area contributed by atoms with E-state index in [1.165, 1.54) is 38.1 Å². The lowest BCUT2D eigenvalue weighted by atomic mass is 9.96. The summed E-state index contributed by atoms with van der Waals surface area (Å²) < 4.78 is 27.0. The Morgan fingerprint density at radius 2 is 1.65 bits per heavy atom. The van der Waals surface area contributed by atoms with E-state index < -0.39 is 22.4 Å². The maximum absolute atomic E-state index is 14.0. The van der Waals surface area contributed by atoms with Gasteiger partial charge in [0.25, 0.3) is 0 Å². The van der Waals surface area contributed by atoms with Crippen LogP contribution in [-0.4, -0.2) is 10.1 Å². The molecule has 0 spiro atoms. The van der Waals surface area contributed by atoms with Gasteiger partial charge in [-0.3, -0.25) is 0 Å². The summed E-state index contributed by atoms with van der Waals surface area (Å²) in [5, 5.41) is 9.57. The van der Waals surface area contributed by atoms with Crippen molar-refractivity contribution in [3.63, 3.8) is 0 Å². The van der Waals surface area contributed by atoms with E-state index in [1.807, 2.05) is 0 Å². The fraction of sp³-hybridized carbons (Fsp3) is 0.214. The molecule has 1 heterocycles. The Kier molecular flexibility index (Phi) is 4.00. The number of halogens is 4. The van der Waals surface area contributed by atoms with Gasteiger partial charge in [-0.2, -0.15) is 0 Å². The number of pyridine rings is 1. The quantitative estimate of drug-likeness (QED) is 0.823. The molecule has 20 heavy (non-hydrogen) atoms. The Balaban J connectivity index is 2.73. The third-order valence-corrected chi connectivity index (χ3v) is 3.39. The van der Waals surface area contributed by atoms with Gasteiger partial charge in [-0.25, -0.2) is 13.8 Å². The summed E-state index contributed by atoms with van der Waals surface area (Å²) in [6.07, 6.45) is 0. The minimum atomic E-state index is -1.53. The molecule has 1 N–H and O–H groups in total. The van der Waals surface area contributed by atoms with Crippen molar-refractivity contribution >= 4 is 23.2 Å². The number of hydrogen-bond donors (Lipinski definition) is 1. The van der Waals surface area contributed by atoms with Crippen molar-refractivity contribution < 1.29 is 13.9 Å². The predicted molar refractivity (Wildman–Crippen MR) is 74.9 cm³/mol. The van der Waals surface area contributed by atoms with E-state index >= 15 is 0 Å². The van der Waals surface area contributed by atoms with E-state index in [4.69, 9.17) is 23.2 Å². The molecule has 0 aliphatic carbocycles. The first-order valence-corrected chi connectivity index (χ1v) is 6.50. The first-order valence-electron chi connectivity index (χ1n) is 5.75. The van der Waals surface area contributed by atoms with Crippen LogP contribution in [0.5, 0.6) is 0 Å². The van der Waals surface area contributed by atoms with Crippen LogP contribution in [0.15, 0.2) is 24.3 Å². The second-order valence-corrected chi connectivity index (χ2v) is 5.56. The number of hydrogen-bond acceptors (Lipinski definition) is 2. The molecule has 0 amide bonds. The third kappa shape index (κ3) is 2.77. The predicted octanol–water partition coefficient (Wildman–Crippen LogP) is 4.56. The highest BCUT2D eigenvalue weighted by molar-refractivity contribution is 6.35. The molecule has 2 nitrogen and oxygen atoms in total. The minimum Gasteiger partial charge on any atom is -0.386 e. The monoisotopic (exact) mass is 317 g/mol. The Labute approximate surface area is 125 Å². The zero-order valence-electron chi connectivity index (χ0n) is 10.7. The number of rotatable bonds is 2. The Morgan fingerprint density at radius 1 is 1.10 bits per heavy atom. The summed E-state index contributed by atoms with van der Waals surface area (Å²) in [6.45, 7) is 2.78. The van der Waals surface area contributed by atoms with Gasteiger partial charge in [0.15, 0.2) is 11.0 Å². The molecule has 0 bridgehead atoms. The molecule has 6 heteroatoms. The number of nitrogens with zero attached hydrogens (tertiary/aromatic N) is 1. The maximum Gasteiger partial charge on any atom is 0.168 e. The highest BCUT2D eigenvalue weighted by Crippen LogP contribution is 2.38. The summed E-state index contributed by atoms with van der Waals surface area (Å²) in [5.41, 5.74) is -1.000. The average Bonchev–Trinajstić information content (AvgIpc) is 2.33. The molecule has 1 aromatic heterocycles. The van der Waals surface area contributed by atoms with Gasteiger partial charge in [0, 0.05) is 11.1 Å². The molecule has 0 saturated carbocycles. The molecule has 1 aromatic carbocycles. The molecule has 0 saturated heterocycles. The van der Waals surface area contributed by atoms with Crippen molar-refractivity contribution in [2.24, 2.45) is 0 Å². The van der Waals surface area contributed by atoms with E-state index in [2.05, 4.69) is 4.98 Å². The fourth-order valence-corrected chi connectivity index (χ4v) is 2.49. The first-order chi connectivity index (χ1) is 9.21. The molecule has 0 aliphatic heterocycles. The second kappa shape index (κ2) is 5.28. The topological polar surface area (TPSA) is 33.1 Å². The van der Waals surface area contributed by atoms with Gasteiger partial charge in [-0.1, -0.05) is 23.2 Å². The van der Waals surface area contributed by atoms with Gasteiger partial charge < -0.3 is 5.11 Å². The maximum atomic E-state index is 14.0. The summed E-state index contributed by atoms with van der Waals surface area (Å²) in [6, 6.07) is 5.36. The van der Waals surface area contributed by atoms with Crippen molar-refractivity contribution in [1.82, 2.24) is 4.98 Å². The standard InChI is InChI=1S/C14H11Cl2F2NO/c1-14(2,20)9-10(15)12(19-13(16)11(9)18)7-3-5-8(17)6-4-7/h3-6,20H,1-2H3. The molecule has 0 aliphatic rings. The van der Waals surface area contributed by atoms with Crippen molar-refractivity contribution in [1.29, 1.82) is 0 Å². The van der Waals surface area contributed by atoms with Crippen LogP contribution in [0.3, 0.4) is 0 Å². The van der Waals surface area contributed by atoms with Crippen molar-refractivity contribution in [2.75, 3.05) is 0 Å². The van der Waals surface area contributed by atoms with Gasteiger partial charge in [0.1, 0.15) is 5.82 Å². The lowest BCUT2D eigenvalue weighted by molar-refractivity contribution is 0.0746. The van der Waals surface area contributed by atoms with Gasteiger partial charge >= 0.3 is 0 Å². The molecule has 0 fully saturated rings. The number of aliphatic hydroxyl groups is 1. The largest absolute Gasteiger partial charge is 0.386 e. The zero-order valence-corrected chi connectivity index (χ0v) is 12.2. The van der Waals surface area contributed by atoms with Crippen LogP contribution < -0.4 is 0 Å². The molecule has 106 valence electrons. The lowest BCUT2D eigenvalue weighted by Crippen LogP contribution is -2.19. The highest BCUT2D eigenvalue weighted by atomic mass is 35.5. The molecule has 0 unspecified atom stereocenters. The summed E-state index contributed by atoms with van der Waals surface area (Å²) in [7, 11) is 0. The van der Waals surface area contributed by atoms with Crippen LogP contribution in [0, 0.1) is 11.6 Å². The molecular formula is C14H11Cl2F2NO. The van der Waals surface area contributed by atoms with Gasteiger partial charge in [0.2, 0.25) is 0 Å². The average molecular weight is 318 g/mol. The Morgan fingerprint density at radius 3 is 2.15 bits per heavy atom. The van der Waals surface area contributed by atoms with Crippen LogP contribution >= 0.6 is 23.2 Å². The summed E-state index contributed by atoms with van der Waals surface area (Å²) in [4.78, 5) is 3.87. The van der Waals surface area contributed by atoms with E-state index in [9.17, 15) is 13.9 Å². The third-order valence-electron chi connectivity index (χ3n) is 2.77. The number of benzene rings is 1. The van der Waals surface area contributed by atoms with Crippen molar-refractivity contribution in [3.05, 3.63) is 51.6 Å². The molecule has 2 aromatic rings. The van der Waals surface area contributed by atoms with Gasteiger partial charge in [-0.05, 0) is 38.1 Å². The van der Waals surface area contributed by atoms with E-state index in [1.54, 1.807) is 0 Å². The summed E-state index contributed by atoms with van der Waals surface area (Å²) in [5.74, 6) is -1.28. The van der Waals surface area contributed by atoms with E-state index in [-0.39, 0.29) is 16.3 Å². The number of aromatic nitrogens is 1. The SMILES string of the molecule is CC(C)(O)c1c(F)c(Cl)nc(-c2ccc(F)cc2)c1Cl. The van der Waals surface area contributed by atoms with E-state index in [0.29, 0.717) is 5.56 Å². The smallest absolute Gasteiger partial charge is 0.168 e. The highest BCUT2D eigenvalue weighted by Gasteiger charge is 2.29. The Bertz CT molecular complexity index is 652. The molecule has 2 rings (SSSR count). The van der Waals surface area contributed by atoms with Crippen molar-refractivity contribution in [2.45, 2.75) is 19.4 Å². The fourth-order valence-electron chi connectivity index (χ4n) is 1.85. The van der Waals surface area contributed by atoms with Gasteiger partial charge in [-0.15, -0.1) is 0 Å². The molecule has 0 radical (unpaired) electrons. The normalized spacial score (nSPS) is 11.8. The van der Waals surface area contributed by atoms with Crippen LogP contribution in [0.2, 0.25) is 10.2 Å². The van der Waals surface area contributed by atoms with Gasteiger partial charge in [0.05, 0.1) is 16.3 Å². The van der Waals surface area contributed by atoms with Crippen LogP contribution in [0.25, 0.3) is 11.3 Å². The second-order valence-electron chi connectivity index (χ2n) is 4.82. The summed E-state index contributed by atoms with van der Waals surface area (Å²) >= 11 is 11.9. The van der Waals surface area contributed by atoms with Crippen LogP contribution in [0.1, 0.15) is 19.4 Å². The minimum absolute atomic E-state index is 0.0500. The van der Waals surface area contributed by atoms with Crippen LogP contribution in [0.4, 0.5) is 8.78 Å². The van der Waals surface area contributed by atoms with Crippen LogP contribution in [-0.2, 0) is 5.60 Å². The molecule has 0 atom stereocenters. The lowest BCUT2D eigenvalue weighted by Gasteiger charge is -2.22.